The highest BCUT2D eigenvalue weighted by Crippen LogP contribution is 2.53. The average Bonchev–Trinajstić information content (AvgIpc) is 2.65. The molecule has 0 heterocycles. The topological polar surface area (TPSA) is 52.0 Å². The van der Waals surface area contributed by atoms with Gasteiger partial charge in [-0.1, -0.05) is 75.8 Å². The molecule has 0 bridgehead atoms. The van der Waals surface area contributed by atoms with E-state index >= 15 is 0 Å². The van der Waals surface area contributed by atoms with Gasteiger partial charge in [-0.3, -0.25) is 0 Å². The van der Waals surface area contributed by atoms with Crippen molar-refractivity contribution in [1.29, 1.82) is 0 Å². The van der Waals surface area contributed by atoms with Gasteiger partial charge in [0.1, 0.15) is 0 Å². The predicted octanol–water partition coefficient (Wildman–Crippen LogP) is 6.18. The van der Waals surface area contributed by atoms with Crippen LogP contribution in [0.5, 0.6) is 0 Å². The van der Waals surface area contributed by atoms with Gasteiger partial charge in [0, 0.05) is 16.8 Å². The Kier molecular flexibility index (Phi) is 5.43. The van der Waals surface area contributed by atoms with Crippen molar-refractivity contribution in [2.45, 2.75) is 47.0 Å². The molecule has 1 atom stereocenters. The molecule has 148 valence electrons. The molecule has 1 unspecified atom stereocenters. The normalized spacial score (nSPS) is 18.6. The molecule has 1 aliphatic carbocycles. The van der Waals surface area contributed by atoms with Gasteiger partial charge in [-0.15, -0.1) is 0 Å². The van der Waals surface area contributed by atoms with Crippen molar-refractivity contribution in [3.8, 4) is 0 Å². The molecular weight excluding hydrogens is 340 g/mol. The second kappa shape index (κ2) is 7.50. The second-order valence-corrected chi connectivity index (χ2v) is 8.88. The zero-order valence-corrected chi connectivity index (χ0v) is 18.1. The molecular formula is C26H34N2. The summed E-state index contributed by atoms with van der Waals surface area (Å²) in [6.07, 6.45) is 6.89. The zero-order valence-electron chi connectivity index (χ0n) is 18.1. The number of hydrogen-bond acceptors (Lipinski definition) is 2. The number of rotatable bonds is 4. The maximum atomic E-state index is 6.40. The highest BCUT2D eigenvalue weighted by atomic mass is 14.6. The van der Waals surface area contributed by atoms with Crippen LogP contribution in [0.15, 0.2) is 60.2 Å². The Labute approximate surface area is 170 Å². The average molecular weight is 375 g/mol. The third-order valence-corrected chi connectivity index (χ3v) is 6.36. The van der Waals surface area contributed by atoms with Crippen LogP contribution in [0, 0.1) is 31.6 Å². The van der Waals surface area contributed by atoms with E-state index in [4.69, 9.17) is 11.5 Å². The Morgan fingerprint density at radius 1 is 0.821 bits per heavy atom. The van der Waals surface area contributed by atoms with Gasteiger partial charge in [-0.05, 0) is 66.0 Å². The van der Waals surface area contributed by atoms with Crippen LogP contribution in [0.2, 0.25) is 0 Å². The van der Waals surface area contributed by atoms with Crippen molar-refractivity contribution in [2.24, 2.45) is 17.8 Å². The van der Waals surface area contributed by atoms with Crippen molar-refractivity contribution in [1.82, 2.24) is 0 Å². The lowest BCUT2D eigenvalue weighted by Crippen LogP contribution is -2.43. The van der Waals surface area contributed by atoms with Gasteiger partial charge in [-0.25, -0.2) is 0 Å². The van der Waals surface area contributed by atoms with E-state index in [1.807, 2.05) is 0 Å². The first-order chi connectivity index (χ1) is 13.2. The van der Waals surface area contributed by atoms with E-state index < -0.39 is 0 Å². The molecule has 0 spiro atoms. The number of benzene rings is 2. The van der Waals surface area contributed by atoms with E-state index in [1.54, 1.807) is 0 Å². The molecule has 0 aromatic heterocycles. The molecule has 2 aromatic rings. The lowest BCUT2D eigenvalue weighted by Gasteiger charge is -2.48. The van der Waals surface area contributed by atoms with Gasteiger partial charge in [0.25, 0.3) is 0 Å². The van der Waals surface area contributed by atoms with E-state index in [2.05, 4.69) is 96.2 Å². The summed E-state index contributed by atoms with van der Waals surface area (Å²) in [6.45, 7) is 13.3. The predicted molar refractivity (Wildman–Crippen MR) is 122 cm³/mol. The van der Waals surface area contributed by atoms with Gasteiger partial charge in [-0.2, -0.15) is 0 Å². The number of anilines is 2. The van der Waals surface area contributed by atoms with Gasteiger partial charge in [0.05, 0.1) is 0 Å². The molecule has 0 saturated heterocycles. The van der Waals surface area contributed by atoms with E-state index in [9.17, 15) is 0 Å². The van der Waals surface area contributed by atoms with Crippen molar-refractivity contribution in [3.63, 3.8) is 0 Å². The first kappa shape index (κ1) is 20.3. The third-order valence-electron chi connectivity index (χ3n) is 6.36. The van der Waals surface area contributed by atoms with Gasteiger partial charge < -0.3 is 11.5 Å². The van der Waals surface area contributed by atoms with Crippen LogP contribution >= 0.6 is 0 Å². The summed E-state index contributed by atoms with van der Waals surface area (Å²) < 4.78 is 0. The largest absolute Gasteiger partial charge is 0.399 e. The van der Waals surface area contributed by atoms with Crippen molar-refractivity contribution in [3.05, 3.63) is 82.5 Å². The fraction of sp³-hybridized carbons (Fsp3) is 0.385. The summed E-state index contributed by atoms with van der Waals surface area (Å²) in [5, 5.41) is 0. The smallest absolute Gasteiger partial charge is 0.0483 e. The summed E-state index contributed by atoms with van der Waals surface area (Å²) >= 11 is 0. The van der Waals surface area contributed by atoms with Crippen LogP contribution in [-0.2, 0) is 5.41 Å². The van der Waals surface area contributed by atoms with Gasteiger partial charge in [0.2, 0.25) is 0 Å². The lowest BCUT2D eigenvalue weighted by atomic mass is 9.55. The number of aryl methyl sites for hydroxylation is 2. The Morgan fingerprint density at radius 2 is 1.32 bits per heavy atom. The highest BCUT2D eigenvalue weighted by Gasteiger charge is 2.47. The maximum Gasteiger partial charge on any atom is 0.0483 e. The van der Waals surface area contributed by atoms with Crippen molar-refractivity contribution < 1.29 is 0 Å². The molecule has 0 saturated carbocycles. The molecule has 2 nitrogen and oxygen atoms in total. The number of hydrogen-bond donors (Lipinski definition) is 2. The van der Waals surface area contributed by atoms with Crippen LogP contribution in [0.3, 0.4) is 0 Å². The molecule has 1 aliphatic rings. The molecule has 0 aliphatic heterocycles. The fourth-order valence-electron chi connectivity index (χ4n) is 4.77. The SMILES string of the molecule is Cc1ccc(C2(c3ccc(C)c(N)c3)C(C(C)C)=CC=CC2C(C)C)cc1N. The van der Waals surface area contributed by atoms with Crippen molar-refractivity contribution in [2.75, 3.05) is 11.5 Å². The minimum atomic E-state index is -0.277. The van der Waals surface area contributed by atoms with Crippen LogP contribution in [0.25, 0.3) is 0 Å². The Bertz CT molecular complexity index is 880. The molecule has 0 fully saturated rings. The second-order valence-electron chi connectivity index (χ2n) is 8.88. The quantitative estimate of drug-likeness (QED) is 0.628. The minimum absolute atomic E-state index is 0.277. The maximum absolute atomic E-state index is 6.40. The highest BCUT2D eigenvalue weighted by molar-refractivity contribution is 5.62. The summed E-state index contributed by atoms with van der Waals surface area (Å²) in [6, 6.07) is 13.2. The Morgan fingerprint density at radius 3 is 1.71 bits per heavy atom. The van der Waals surface area contributed by atoms with Crippen molar-refractivity contribution >= 4 is 11.4 Å². The summed E-state index contributed by atoms with van der Waals surface area (Å²) in [7, 11) is 0. The van der Waals surface area contributed by atoms with E-state index in [0.717, 1.165) is 22.5 Å². The summed E-state index contributed by atoms with van der Waals surface area (Å²) in [5.74, 6) is 1.18. The minimum Gasteiger partial charge on any atom is -0.399 e. The Hall–Kier alpha value is -2.48. The molecule has 2 heteroatoms. The van der Waals surface area contributed by atoms with Crippen LogP contribution < -0.4 is 11.5 Å². The van der Waals surface area contributed by atoms with Crippen LogP contribution in [0.1, 0.15) is 49.9 Å². The molecule has 4 N–H and O–H groups in total. The molecule has 2 aromatic carbocycles. The van der Waals surface area contributed by atoms with Crippen LogP contribution in [0.4, 0.5) is 11.4 Å². The summed E-state index contributed by atoms with van der Waals surface area (Å²) in [4.78, 5) is 0. The van der Waals surface area contributed by atoms with Gasteiger partial charge in [0.15, 0.2) is 0 Å². The zero-order chi connectivity index (χ0) is 20.6. The van der Waals surface area contributed by atoms with E-state index in [-0.39, 0.29) is 5.41 Å². The van der Waals surface area contributed by atoms with Crippen LogP contribution in [-0.4, -0.2) is 0 Å². The molecule has 28 heavy (non-hydrogen) atoms. The van der Waals surface area contributed by atoms with Gasteiger partial charge >= 0.3 is 0 Å². The molecule has 3 rings (SSSR count). The first-order valence-electron chi connectivity index (χ1n) is 10.3. The summed E-state index contributed by atoms with van der Waals surface area (Å²) in [5.41, 5.74) is 20.4. The third kappa shape index (κ3) is 3.15. The number of nitrogen functional groups attached to an aromatic ring is 2. The Balaban J connectivity index is 2.43. The fourth-order valence-corrected chi connectivity index (χ4v) is 4.77. The monoisotopic (exact) mass is 374 g/mol. The number of nitrogens with two attached hydrogens (primary N) is 2. The first-order valence-corrected chi connectivity index (χ1v) is 10.3. The standard InChI is InChI=1S/C26H34N2/c1-16(2)22-8-7-9-23(17(3)4)26(22,20-12-10-18(5)24(27)14-20)21-13-11-19(6)25(28)15-21/h7-17,22H,27-28H2,1-6H3. The molecule has 0 radical (unpaired) electrons. The van der Waals surface area contributed by atoms with E-state index in [0.29, 0.717) is 17.8 Å². The lowest BCUT2D eigenvalue weighted by molar-refractivity contribution is 0.318. The van der Waals surface area contributed by atoms with E-state index in [1.165, 1.54) is 16.7 Å². The number of allylic oxidation sites excluding steroid dienone is 4. The molecule has 0 amide bonds.